The SMILES string of the molecule is [B]c1ccnn1C. The lowest BCUT2D eigenvalue weighted by atomic mass is 10.1. The molecule has 0 saturated heterocycles. The maximum absolute atomic E-state index is 5.34. The van der Waals surface area contributed by atoms with Gasteiger partial charge in [0.1, 0.15) is 7.85 Å². The van der Waals surface area contributed by atoms with Gasteiger partial charge in [0.25, 0.3) is 0 Å². The summed E-state index contributed by atoms with van der Waals surface area (Å²) in [4.78, 5) is 0. The zero-order valence-electron chi connectivity index (χ0n) is 4.13. The maximum Gasteiger partial charge on any atom is 0.141 e. The molecule has 1 heterocycles. The zero-order valence-corrected chi connectivity index (χ0v) is 4.13. The molecule has 0 amide bonds. The van der Waals surface area contributed by atoms with E-state index in [4.69, 9.17) is 7.85 Å². The van der Waals surface area contributed by atoms with Crippen molar-refractivity contribution in [2.24, 2.45) is 7.05 Å². The highest BCUT2D eigenvalue weighted by atomic mass is 15.2. The lowest BCUT2D eigenvalue weighted by molar-refractivity contribution is 0.789. The van der Waals surface area contributed by atoms with Crippen molar-refractivity contribution in [3.8, 4) is 0 Å². The molecule has 2 nitrogen and oxygen atoms in total. The first-order valence-electron chi connectivity index (χ1n) is 2.04. The number of hydrogen-bond donors (Lipinski definition) is 0. The van der Waals surface area contributed by atoms with Gasteiger partial charge in [-0.1, -0.05) is 0 Å². The van der Waals surface area contributed by atoms with E-state index in [2.05, 4.69) is 5.10 Å². The van der Waals surface area contributed by atoms with Gasteiger partial charge in [-0.15, -0.1) is 0 Å². The highest BCUT2D eigenvalue weighted by Gasteiger charge is 1.83. The van der Waals surface area contributed by atoms with Crippen LogP contribution in [0.25, 0.3) is 0 Å². The van der Waals surface area contributed by atoms with Crippen molar-refractivity contribution in [1.29, 1.82) is 0 Å². The number of hydrogen-bond acceptors (Lipinski definition) is 1. The Labute approximate surface area is 43.6 Å². The third-order valence-corrected chi connectivity index (χ3v) is 0.859. The van der Waals surface area contributed by atoms with Crippen LogP contribution in [-0.4, -0.2) is 17.6 Å². The number of nitrogens with zero attached hydrogens (tertiary/aromatic N) is 2. The van der Waals surface area contributed by atoms with E-state index in [0.29, 0.717) is 5.59 Å². The average Bonchev–Trinajstić information content (AvgIpc) is 1.91. The Balaban J connectivity index is 3.12. The molecule has 7 heavy (non-hydrogen) atoms. The maximum atomic E-state index is 5.34. The van der Waals surface area contributed by atoms with Crippen molar-refractivity contribution in [2.75, 3.05) is 0 Å². The second kappa shape index (κ2) is 1.41. The second-order valence-electron chi connectivity index (χ2n) is 1.38. The molecule has 0 saturated carbocycles. The van der Waals surface area contributed by atoms with Crippen LogP contribution in [0.2, 0.25) is 0 Å². The smallest absolute Gasteiger partial charge is 0.141 e. The Morgan fingerprint density at radius 3 is 2.71 bits per heavy atom. The highest BCUT2D eigenvalue weighted by molar-refractivity contribution is 6.30. The summed E-state index contributed by atoms with van der Waals surface area (Å²) in [6.45, 7) is 0. The van der Waals surface area contributed by atoms with E-state index in [9.17, 15) is 0 Å². The number of aryl methyl sites for hydroxylation is 1. The van der Waals surface area contributed by atoms with Crippen molar-refractivity contribution in [1.82, 2.24) is 9.78 Å². The molecule has 0 aliphatic carbocycles. The molecule has 0 unspecified atom stereocenters. The summed E-state index contributed by atoms with van der Waals surface area (Å²) in [6, 6.07) is 1.75. The largest absolute Gasteiger partial charge is 0.283 e. The lowest BCUT2D eigenvalue weighted by Crippen LogP contribution is -2.13. The zero-order chi connectivity index (χ0) is 5.28. The van der Waals surface area contributed by atoms with Crippen molar-refractivity contribution >= 4 is 13.4 Å². The molecule has 1 aromatic heterocycles. The van der Waals surface area contributed by atoms with Crippen LogP contribution in [0, 0.1) is 0 Å². The van der Waals surface area contributed by atoms with Crippen LogP contribution >= 0.6 is 0 Å². The minimum atomic E-state index is 0.694. The van der Waals surface area contributed by atoms with Crippen LogP contribution in [0.1, 0.15) is 0 Å². The molecular weight excluding hydrogens is 86.9 g/mol. The molecule has 0 bridgehead atoms. The van der Waals surface area contributed by atoms with Gasteiger partial charge >= 0.3 is 0 Å². The van der Waals surface area contributed by atoms with E-state index in [-0.39, 0.29) is 0 Å². The Bertz CT molecular complexity index is 142. The van der Waals surface area contributed by atoms with Gasteiger partial charge in [-0.05, 0) is 11.7 Å². The third kappa shape index (κ3) is 0.658. The Morgan fingerprint density at radius 1 is 1.86 bits per heavy atom. The minimum Gasteiger partial charge on any atom is -0.283 e. The second-order valence-corrected chi connectivity index (χ2v) is 1.38. The monoisotopic (exact) mass is 92.1 g/mol. The molecule has 0 aliphatic heterocycles. The quantitative estimate of drug-likeness (QED) is 0.383. The number of aromatic nitrogens is 2. The molecule has 0 aliphatic rings. The van der Waals surface area contributed by atoms with Crippen molar-refractivity contribution in [2.45, 2.75) is 0 Å². The van der Waals surface area contributed by atoms with Crippen molar-refractivity contribution in [3.63, 3.8) is 0 Å². The fourth-order valence-corrected chi connectivity index (χ4v) is 0.384. The molecule has 0 fully saturated rings. The lowest BCUT2D eigenvalue weighted by Gasteiger charge is -1.87. The minimum absolute atomic E-state index is 0.694. The van der Waals surface area contributed by atoms with E-state index in [0.717, 1.165) is 0 Å². The van der Waals surface area contributed by atoms with E-state index in [1.807, 2.05) is 0 Å². The van der Waals surface area contributed by atoms with Gasteiger partial charge < -0.3 is 0 Å². The normalized spacial score (nSPS) is 9.29. The first-order valence-corrected chi connectivity index (χ1v) is 2.04. The predicted octanol–water partition coefficient (Wildman–Crippen LogP) is -0.786. The fourth-order valence-electron chi connectivity index (χ4n) is 0.384. The summed E-state index contributed by atoms with van der Waals surface area (Å²) in [7, 11) is 7.14. The molecule has 1 aromatic rings. The molecule has 3 heteroatoms. The fraction of sp³-hybridized carbons (Fsp3) is 0.250. The first-order chi connectivity index (χ1) is 3.30. The molecule has 0 aromatic carbocycles. The molecule has 2 radical (unpaired) electrons. The summed E-state index contributed by atoms with van der Waals surface area (Å²) in [5, 5.41) is 3.81. The third-order valence-electron chi connectivity index (χ3n) is 0.859. The van der Waals surface area contributed by atoms with Crippen LogP contribution in [0.5, 0.6) is 0 Å². The first kappa shape index (κ1) is 4.43. The molecule has 1 rings (SSSR count). The Kier molecular flexibility index (Phi) is 0.892. The summed E-state index contributed by atoms with van der Waals surface area (Å²) in [6.07, 6.45) is 1.66. The molecule has 0 spiro atoms. The van der Waals surface area contributed by atoms with Crippen LogP contribution in [0.15, 0.2) is 12.3 Å². The van der Waals surface area contributed by atoms with Gasteiger partial charge in [-0.2, -0.15) is 5.10 Å². The molecule has 0 N–H and O–H groups in total. The van der Waals surface area contributed by atoms with Gasteiger partial charge in [0.15, 0.2) is 0 Å². The predicted molar refractivity (Wildman–Crippen MR) is 28.6 cm³/mol. The molecule has 0 atom stereocenters. The van der Waals surface area contributed by atoms with E-state index in [1.165, 1.54) is 0 Å². The molecular formula is C4H5BN2. The highest BCUT2D eigenvalue weighted by Crippen LogP contribution is 1.68. The van der Waals surface area contributed by atoms with E-state index < -0.39 is 0 Å². The van der Waals surface area contributed by atoms with Gasteiger partial charge in [0.05, 0.1) is 0 Å². The van der Waals surface area contributed by atoms with Gasteiger partial charge in [-0.3, -0.25) is 4.68 Å². The van der Waals surface area contributed by atoms with Gasteiger partial charge in [0, 0.05) is 13.2 Å². The Morgan fingerprint density at radius 2 is 2.57 bits per heavy atom. The average molecular weight is 91.9 g/mol. The van der Waals surface area contributed by atoms with Crippen molar-refractivity contribution < 1.29 is 0 Å². The van der Waals surface area contributed by atoms with Gasteiger partial charge in [-0.25, -0.2) is 0 Å². The van der Waals surface area contributed by atoms with Gasteiger partial charge in [0.2, 0.25) is 0 Å². The van der Waals surface area contributed by atoms with Crippen LogP contribution in [0.3, 0.4) is 0 Å². The van der Waals surface area contributed by atoms with Crippen LogP contribution < -0.4 is 5.59 Å². The van der Waals surface area contributed by atoms with Crippen molar-refractivity contribution in [3.05, 3.63) is 12.3 Å². The summed E-state index contributed by atoms with van der Waals surface area (Å²) >= 11 is 0. The summed E-state index contributed by atoms with van der Waals surface area (Å²) in [5.41, 5.74) is 0.694. The van der Waals surface area contributed by atoms with E-state index >= 15 is 0 Å². The summed E-state index contributed by atoms with van der Waals surface area (Å²) < 4.78 is 1.61. The number of rotatable bonds is 0. The van der Waals surface area contributed by atoms with Crippen LogP contribution in [-0.2, 0) is 7.05 Å². The van der Waals surface area contributed by atoms with E-state index in [1.54, 1.807) is 24.0 Å². The molecule has 34 valence electrons. The van der Waals surface area contributed by atoms with Crippen LogP contribution in [0.4, 0.5) is 0 Å². The topological polar surface area (TPSA) is 17.8 Å². The summed E-state index contributed by atoms with van der Waals surface area (Å²) in [5.74, 6) is 0. The standard InChI is InChI=1S/C4H5BN2/c1-7-4(5)2-3-6-7/h2-3H,1H3. The Hall–Kier alpha value is -0.725.